The Balaban J connectivity index is 2.51. The van der Waals surface area contributed by atoms with E-state index in [9.17, 15) is 4.79 Å². The van der Waals surface area contributed by atoms with Gasteiger partial charge in [0.05, 0.1) is 5.69 Å². The summed E-state index contributed by atoms with van der Waals surface area (Å²) in [6.45, 7) is 3.92. The molecule has 0 spiro atoms. The van der Waals surface area contributed by atoms with E-state index in [0.717, 1.165) is 36.2 Å². The molecule has 0 aliphatic rings. The molecule has 0 radical (unpaired) electrons. The lowest BCUT2D eigenvalue weighted by atomic mass is 9.96. The smallest absolute Gasteiger partial charge is 0.152 e. The van der Waals surface area contributed by atoms with E-state index in [1.54, 1.807) is 0 Å². The van der Waals surface area contributed by atoms with E-state index in [0.29, 0.717) is 0 Å². The summed E-state index contributed by atoms with van der Waals surface area (Å²) in [5.74, 6) is 0. The number of para-hydroxylation sites is 1. The molecule has 0 atom stereocenters. The number of rotatable bonds is 6. The van der Waals surface area contributed by atoms with Crippen molar-refractivity contribution in [2.45, 2.75) is 6.92 Å². The van der Waals surface area contributed by atoms with Crippen molar-refractivity contribution in [2.75, 3.05) is 39.1 Å². The molecule has 0 aliphatic heterocycles. The molecular formula is C19H24N2O. The topological polar surface area (TPSA) is 23.6 Å². The van der Waals surface area contributed by atoms with E-state index in [1.165, 1.54) is 11.1 Å². The first-order chi connectivity index (χ1) is 10.5. The van der Waals surface area contributed by atoms with Gasteiger partial charge in [0.2, 0.25) is 0 Å². The van der Waals surface area contributed by atoms with Crippen molar-refractivity contribution in [1.82, 2.24) is 4.90 Å². The molecule has 3 heteroatoms. The molecule has 0 aliphatic carbocycles. The summed E-state index contributed by atoms with van der Waals surface area (Å²) in [6, 6.07) is 14.2. The number of hydrogen-bond acceptors (Lipinski definition) is 3. The highest BCUT2D eigenvalue weighted by Crippen LogP contribution is 2.34. The second-order valence-electron chi connectivity index (χ2n) is 5.90. The zero-order valence-electron chi connectivity index (χ0n) is 13.8. The van der Waals surface area contributed by atoms with Gasteiger partial charge < -0.3 is 9.80 Å². The van der Waals surface area contributed by atoms with Crippen molar-refractivity contribution in [1.29, 1.82) is 0 Å². The van der Waals surface area contributed by atoms with Gasteiger partial charge in [-0.2, -0.15) is 0 Å². The maximum atomic E-state index is 11.5. The molecule has 2 rings (SSSR count). The second-order valence-corrected chi connectivity index (χ2v) is 5.90. The largest absolute Gasteiger partial charge is 0.372 e. The van der Waals surface area contributed by atoms with Crippen LogP contribution in [0.15, 0.2) is 42.5 Å². The number of benzene rings is 2. The monoisotopic (exact) mass is 296 g/mol. The Labute approximate surface area is 133 Å². The Morgan fingerprint density at radius 1 is 0.909 bits per heavy atom. The highest BCUT2D eigenvalue weighted by molar-refractivity contribution is 5.93. The average molecular weight is 296 g/mol. The quantitative estimate of drug-likeness (QED) is 0.763. The van der Waals surface area contributed by atoms with Crippen molar-refractivity contribution in [3.8, 4) is 11.1 Å². The summed E-state index contributed by atoms with van der Waals surface area (Å²) >= 11 is 0. The zero-order valence-corrected chi connectivity index (χ0v) is 13.8. The third-order valence-electron chi connectivity index (χ3n) is 3.89. The van der Waals surface area contributed by atoms with Gasteiger partial charge in [-0.25, -0.2) is 0 Å². The van der Waals surface area contributed by atoms with Gasteiger partial charge in [-0.15, -0.1) is 0 Å². The molecular weight excluding hydrogens is 272 g/mol. The van der Waals surface area contributed by atoms with Crippen molar-refractivity contribution in [2.24, 2.45) is 0 Å². The zero-order chi connectivity index (χ0) is 16.1. The minimum absolute atomic E-state index is 0.738. The molecule has 0 saturated heterocycles. The molecule has 3 nitrogen and oxygen atoms in total. The van der Waals surface area contributed by atoms with E-state index in [2.05, 4.69) is 49.0 Å². The molecule has 0 heterocycles. The van der Waals surface area contributed by atoms with Gasteiger partial charge in [0, 0.05) is 31.3 Å². The van der Waals surface area contributed by atoms with Gasteiger partial charge in [-0.05, 0) is 38.2 Å². The number of likely N-dealkylation sites (N-methyl/N-ethyl adjacent to an activating group) is 2. The molecule has 0 saturated carbocycles. The van der Waals surface area contributed by atoms with Gasteiger partial charge in [0.15, 0.2) is 6.29 Å². The van der Waals surface area contributed by atoms with Crippen molar-refractivity contribution in [3.63, 3.8) is 0 Å². The maximum Gasteiger partial charge on any atom is 0.152 e. The van der Waals surface area contributed by atoms with Crippen molar-refractivity contribution in [3.05, 3.63) is 53.6 Å². The van der Waals surface area contributed by atoms with Gasteiger partial charge >= 0.3 is 0 Å². The molecule has 2 aromatic carbocycles. The number of carbonyl (C=O) groups is 1. The SMILES string of the molecule is Cc1ccccc1-c1cccc(C=O)c1N(C)CCN(C)C. The summed E-state index contributed by atoms with van der Waals surface area (Å²) in [5.41, 5.74) is 5.25. The Morgan fingerprint density at radius 3 is 2.23 bits per heavy atom. The van der Waals surface area contributed by atoms with E-state index in [1.807, 2.05) is 31.3 Å². The number of carbonyl (C=O) groups excluding carboxylic acids is 1. The highest BCUT2D eigenvalue weighted by atomic mass is 16.1. The molecule has 116 valence electrons. The second kappa shape index (κ2) is 7.23. The summed E-state index contributed by atoms with van der Waals surface area (Å²) in [7, 11) is 6.16. The first-order valence-electron chi connectivity index (χ1n) is 7.54. The third-order valence-corrected chi connectivity index (χ3v) is 3.89. The lowest BCUT2D eigenvalue weighted by molar-refractivity contribution is 0.112. The van der Waals surface area contributed by atoms with Gasteiger partial charge in [-0.1, -0.05) is 36.4 Å². The van der Waals surface area contributed by atoms with Gasteiger partial charge in [0.25, 0.3) is 0 Å². The molecule has 0 N–H and O–H groups in total. The lowest BCUT2D eigenvalue weighted by Crippen LogP contribution is -2.29. The van der Waals surface area contributed by atoms with Crippen molar-refractivity contribution < 1.29 is 4.79 Å². The minimum atomic E-state index is 0.738. The van der Waals surface area contributed by atoms with Crippen LogP contribution in [0.25, 0.3) is 11.1 Å². The lowest BCUT2D eigenvalue weighted by Gasteiger charge is -2.26. The van der Waals surface area contributed by atoms with Crippen LogP contribution in [0.1, 0.15) is 15.9 Å². The third kappa shape index (κ3) is 3.55. The Kier molecular flexibility index (Phi) is 5.34. The summed E-state index contributed by atoms with van der Waals surface area (Å²) < 4.78 is 0. The molecule has 0 amide bonds. The molecule has 0 bridgehead atoms. The number of aryl methyl sites for hydroxylation is 1. The van der Waals surface area contributed by atoms with E-state index >= 15 is 0 Å². The van der Waals surface area contributed by atoms with E-state index in [-0.39, 0.29) is 0 Å². The summed E-state index contributed by atoms with van der Waals surface area (Å²) in [6.07, 6.45) is 0.948. The Morgan fingerprint density at radius 2 is 1.59 bits per heavy atom. The van der Waals surface area contributed by atoms with E-state index in [4.69, 9.17) is 0 Å². The fourth-order valence-electron chi connectivity index (χ4n) is 2.64. The fraction of sp³-hybridized carbons (Fsp3) is 0.316. The van der Waals surface area contributed by atoms with Crippen molar-refractivity contribution >= 4 is 12.0 Å². The average Bonchev–Trinajstić information content (AvgIpc) is 2.52. The van der Waals surface area contributed by atoms with Crippen LogP contribution in [-0.4, -0.2) is 45.4 Å². The van der Waals surface area contributed by atoms with Gasteiger partial charge in [-0.3, -0.25) is 4.79 Å². The first-order valence-corrected chi connectivity index (χ1v) is 7.54. The van der Waals surface area contributed by atoms with Crippen LogP contribution in [0.5, 0.6) is 0 Å². The normalized spacial score (nSPS) is 10.8. The first kappa shape index (κ1) is 16.2. The highest BCUT2D eigenvalue weighted by Gasteiger charge is 2.15. The number of anilines is 1. The molecule has 0 unspecified atom stereocenters. The molecule has 0 fully saturated rings. The number of hydrogen-bond donors (Lipinski definition) is 0. The summed E-state index contributed by atoms with van der Waals surface area (Å²) in [5, 5.41) is 0. The van der Waals surface area contributed by atoms with Crippen LogP contribution in [0.3, 0.4) is 0 Å². The van der Waals surface area contributed by atoms with Crippen LogP contribution in [0, 0.1) is 6.92 Å². The molecule has 0 aromatic heterocycles. The van der Waals surface area contributed by atoms with Crippen LogP contribution >= 0.6 is 0 Å². The maximum absolute atomic E-state index is 11.5. The Hall–Kier alpha value is -2.13. The minimum Gasteiger partial charge on any atom is -0.372 e. The fourth-order valence-corrected chi connectivity index (χ4v) is 2.64. The van der Waals surface area contributed by atoms with Crippen LogP contribution in [0.4, 0.5) is 5.69 Å². The van der Waals surface area contributed by atoms with E-state index < -0.39 is 0 Å². The van der Waals surface area contributed by atoms with Gasteiger partial charge in [0.1, 0.15) is 0 Å². The number of nitrogens with zero attached hydrogens (tertiary/aromatic N) is 2. The Bertz CT molecular complexity index is 650. The van der Waals surface area contributed by atoms with Crippen LogP contribution in [0.2, 0.25) is 0 Å². The predicted molar refractivity (Wildman–Crippen MR) is 93.8 cm³/mol. The van der Waals surface area contributed by atoms with Crippen LogP contribution < -0.4 is 4.90 Å². The predicted octanol–water partition coefficient (Wildman–Crippen LogP) is 3.47. The van der Waals surface area contributed by atoms with Crippen LogP contribution in [-0.2, 0) is 0 Å². The molecule has 22 heavy (non-hydrogen) atoms. The summed E-state index contributed by atoms with van der Waals surface area (Å²) in [4.78, 5) is 15.8. The standard InChI is InChI=1S/C19H24N2O/c1-15-8-5-6-10-17(15)18-11-7-9-16(14-22)19(18)21(4)13-12-20(2)3/h5-11,14H,12-13H2,1-4H3. The number of aldehydes is 1. The molecule has 2 aromatic rings.